The van der Waals surface area contributed by atoms with Gasteiger partial charge in [0.1, 0.15) is 11.8 Å². The molecule has 1 heterocycles. The molecule has 5 nitrogen and oxygen atoms in total. The van der Waals surface area contributed by atoms with E-state index < -0.39 is 6.04 Å². The normalized spacial score (nSPS) is 18.8. The van der Waals surface area contributed by atoms with Crippen LogP contribution < -0.4 is 9.64 Å². The van der Waals surface area contributed by atoms with E-state index in [0.29, 0.717) is 19.7 Å². The summed E-state index contributed by atoms with van der Waals surface area (Å²) in [7, 11) is 0. The molecule has 0 N–H and O–H groups in total. The van der Waals surface area contributed by atoms with Crippen LogP contribution in [0.15, 0.2) is 24.3 Å². The number of ether oxygens (including phenoxy) is 1. The summed E-state index contributed by atoms with van der Waals surface area (Å²) in [6.07, 6.45) is 0. The highest BCUT2D eigenvalue weighted by molar-refractivity contribution is 6.00. The first-order chi connectivity index (χ1) is 10.5. The number of hydrogen-bond donors (Lipinski definition) is 0. The largest absolute Gasteiger partial charge is 0.494 e. The van der Waals surface area contributed by atoms with E-state index in [2.05, 4.69) is 0 Å². The lowest BCUT2D eigenvalue weighted by molar-refractivity contribution is -0.143. The quantitative estimate of drug-likeness (QED) is 0.857. The molecule has 1 saturated heterocycles. The van der Waals surface area contributed by atoms with Gasteiger partial charge in [0.05, 0.1) is 6.61 Å². The van der Waals surface area contributed by atoms with Gasteiger partial charge in [0.2, 0.25) is 11.8 Å². The van der Waals surface area contributed by atoms with E-state index in [1.54, 1.807) is 16.7 Å². The van der Waals surface area contributed by atoms with Crippen LogP contribution in [0.5, 0.6) is 5.75 Å². The Morgan fingerprint density at radius 2 is 2.09 bits per heavy atom. The standard InChI is InChI=1S/C17H24N2O3/c1-5-22-15-8-6-7-14(11-15)19-10-9-18(13(4)17(19)21)16(20)12(2)3/h6-8,11-13H,5,9-10H2,1-4H3/t13-/m1/s1. The fourth-order valence-electron chi connectivity index (χ4n) is 2.67. The van der Waals surface area contributed by atoms with Gasteiger partial charge >= 0.3 is 0 Å². The summed E-state index contributed by atoms with van der Waals surface area (Å²) < 4.78 is 5.49. The van der Waals surface area contributed by atoms with Crippen LogP contribution in [0.1, 0.15) is 27.7 Å². The first-order valence-electron chi connectivity index (χ1n) is 7.80. The van der Waals surface area contributed by atoms with Gasteiger partial charge in [-0.1, -0.05) is 19.9 Å². The molecule has 0 bridgehead atoms. The Morgan fingerprint density at radius 1 is 1.36 bits per heavy atom. The van der Waals surface area contributed by atoms with Gasteiger partial charge in [-0.25, -0.2) is 0 Å². The second-order valence-corrected chi connectivity index (χ2v) is 5.78. The van der Waals surface area contributed by atoms with Gasteiger partial charge in [-0.3, -0.25) is 9.59 Å². The van der Waals surface area contributed by atoms with E-state index in [0.717, 1.165) is 11.4 Å². The Bertz CT molecular complexity index is 557. The maximum absolute atomic E-state index is 12.6. The molecule has 0 unspecified atom stereocenters. The summed E-state index contributed by atoms with van der Waals surface area (Å²) >= 11 is 0. The molecule has 1 fully saturated rings. The van der Waals surface area contributed by atoms with E-state index >= 15 is 0 Å². The molecule has 1 aliphatic heterocycles. The monoisotopic (exact) mass is 304 g/mol. The molecule has 1 aliphatic rings. The summed E-state index contributed by atoms with van der Waals surface area (Å²) in [6, 6.07) is 7.09. The minimum absolute atomic E-state index is 0.0311. The summed E-state index contributed by atoms with van der Waals surface area (Å²) in [5.41, 5.74) is 0.819. The van der Waals surface area contributed by atoms with Crippen molar-refractivity contribution in [3.63, 3.8) is 0 Å². The molecule has 1 atom stereocenters. The number of carbonyl (C=O) groups excluding carboxylic acids is 2. The molecule has 2 rings (SSSR count). The Morgan fingerprint density at radius 3 is 2.73 bits per heavy atom. The van der Waals surface area contributed by atoms with Crippen LogP contribution in [0.3, 0.4) is 0 Å². The number of piperazine rings is 1. The number of anilines is 1. The van der Waals surface area contributed by atoms with Gasteiger partial charge in [-0.2, -0.15) is 0 Å². The van der Waals surface area contributed by atoms with E-state index in [9.17, 15) is 9.59 Å². The van der Waals surface area contributed by atoms with Gasteiger partial charge < -0.3 is 14.5 Å². The van der Waals surface area contributed by atoms with Crippen LogP contribution in [0.25, 0.3) is 0 Å². The summed E-state index contributed by atoms with van der Waals surface area (Å²) in [4.78, 5) is 28.2. The number of benzene rings is 1. The number of carbonyl (C=O) groups is 2. The van der Waals surface area contributed by atoms with Crippen LogP contribution in [0.4, 0.5) is 5.69 Å². The summed E-state index contributed by atoms with van der Waals surface area (Å²) in [5.74, 6) is 0.640. The highest BCUT2D eigenvalue weighted by Crippen LogP contribution is 2.25. The van der Waals surface area contributed by atoms with Crippen LogP contribution in [-0.4, -0.2) is 42.5 Å². The Balaban J connectivity index is 2.17. The average molecular weight is 304 g/mol. The minimum Gasteiger partial charge on any atom is -0.494 e. The van der Waals surface area contributed by atoms with E-state index in [4.69, 9.17) is 4.74 Å². The maximum Gasteiger partial charge on any atom is 0.249 e. The highest BCUT2D eigenvalue weighted by Gasteiger charge is 2.35. The molecule has 120 valence electrons. The average Bonchev–Trinajstić information content (AvgIpc) is 2.50. The summed E-state index contributed by atoms with van der Waals surface area (Å²) in [5, 5.41) is 0. The second kappa shape index (κ2) is 6.81. The molecule has 2 amide bonds. The van der Waals surface area contributed by atoms with Crippen LogP contribution in [0.2, 0.25) is 0 Å². The Kier molecular flexibility index (Phi) is 5.06. The summed E-state index contributed by atoms with van der Waals surface area (Å²) in [6.45, 7) is 9.09. The highest BCUT2D eigenvalue weighted by atomic mass is 16.5. The zero-order valence-electron chi connectivity index (χ0n) is 13.7. The number of amides is 2. The predicted molar refractivity (Wildman–Crippen MR) is 86.0 cm³/mol. The smallest absolute Gasteiger partial charge is 0.249 e. The van der Waals surface area contributed by atoms with Gasteiger partial charge in [-0.15, -0.1) is 0 Å². The van der Waals surface area contributed by atoms with Crippen molar-refractivity contribution in [2.75, 3.05) is 24.6 Å². The second-order valence-electron chi connectivity index (χ2n) is 5.78. The Labute approximate surface area is 131 Å². The van der Waals surface area contributed by atoms with Gasteiger partial charge in [0, 0.05) is 30.8 Å². The van der Waals surface area contributed by atoms with Crippen molar-refractivity contribution in [1.82, 2.24) is 4.90 Å². The molecule has 5 heteroatoms. The lowest BCUT2D eigenvalue weighted by Gasteiger charge is -2.39. The van der Waals surface area contributed by atoms with Crippen LogP contribution in [-0.2, 0) is 9.59 Å². The third-order valence-electron chi connectivity index (χ3n) is 3.87. The number of rotatable bonds is 4. The van der Waals surface area contributed by atoms with Gasteiger partial charge in [-0.05, 0) is 26.0 Å². The van der Waals surface area contributed by atoms with Crippen molar-refractivity contribution in [1.29, 1.82) is 0 Å². The lowest BCUT2D eigenvalue weighted by Crippen LogP contribution is -2.58. The fourth-order valence-corrected chi connectivity index (χ4v) is 2.67. The van der Waals surface area contributed by atoms with E-state index in [1.807, 2.05) is 45.0 Å². The van der Waals surface area contributed by atoms with Crippen molar-refractivity contribution in [3.05, 3.63) is 24.3 Å². The molecular weight excluding hydrogens is 280 g/mol. The molecule has 0 aromatic heterocycles. The Hall–Kier alpha value is -2.04. The minimum atomic E-state index is -0.431. The van der Waals surface area contributed by atoms with Crippen molar-refractivity contribution in [2.24, 2.45) is 5.92 Å². The molecule has 0 aliphatic carbocycles. The van der Waals surface area contributed by atoms with Gasteiger partial charge in [0.25, 0.3) is 0 Å². The fraction of sp³-hybridized carbons (Fsp3) is 0.529. The zero-order valence-corrected chi connectivity index (χ0v) is 13.7. The number of nitrogens with zero attached hydrogens (tertiary/aromatic N) is 2. The molecule has 1 aromatic carbocycles. The van der Waals surface area contributed by atoms with Crippen LogP contribution >= 0.6 is 0 Å². The first kappa shape index (κ1) is 16.3. The topological polar surface area (TPSA) is 49.9 Å². The third-order valence-corrected chi connectivity index (χ3v) is 3.87. The molecule has 0 radical (unpaired) electrons. The van der Waals surface area contributed by atoms with Gasteiger partial charge in [0.15, 0.2) is 0 Å². The maximum atomic E-state index is 12.6. The van der Waals surface area contributed by atoms with Crippen molar-refractivity contribution >= 4 is 17.5 Å². The molecule has 0 spiro atoms. The molecule has 1 aromatic rings. The molecule has 22 heavy (non-hydrogen) atoms. The molecule has 0 saturated carbocycles. The van der Waals surface area contributed by atoms with Crippen molar-refractivity contribution in [2.45, 2.75) is 33.7 Å². The third kappa shape index (κ3) is 3.24. The predicted octanol–water partition coefficient (Wildman–Crippen LogP) is 2.30. The molecular formula is C17H24N2O3. The van der Waals surface area contributed by atoms with E-state index in [-0.39, 0.29) is 17.7 Å². The first-order valence-corrected chi connectivity index (χ1v) is 7.80. The van der Waals surface area contributed by atoms with Crippen molar-refractivity contribution in [3.8, 4) is 5.75 Å². The number of hydrogen-bond acceptors (Lipinski definition) is 3. The van der Waals surface area contributed by atoms with E-state index in [1.165, 1.54) is 0 Å². The lowest BCUT2D eigenvalue weighted by atomic mass is 10.1. The SMILES string of the molecule is CCOc1cccc(N2CCN(C(=O)C(C)C)[C@H](C)C2=O)c1. The van der Waals surface area contributed by atoms with Crippen molar-refractivity contribution < 1.29 is 14.3 Å². The van der Waals surface area contributed by atoms with Crippen LogP contribution in [0, 0.1) is 5.92 Å². The zero-order chi connectivity index (χ0) is 16.3.